The Morgan fingerprint density at radius 3 is 1.28 bits per heavy atom. The number of ether oxygens (including phenoxy) is 4. The Morgan fingerprint density at radius 2 is 0.931 bits per heavy atom. The second kappa shape index (κ2) is 18.0. The van der Waals surface area contributed by atoms with E-state index in [1.807, 2.05) is 65.8 Å². The zero-order chi connectivity index (χ0) is 52.0. The fourth-order valence-electron chi connectivity index (χ4n) is 9.84. The molecule has 0 amide bonds. The molecular formula is C54H48F6N2O8S2. The molecule has 6 heterocycles. The van der Waals surface area contributed by atoms with Gasteiger partial charge in [0.2, 0.25) is 0 Å². The first-order chi connectivity index (χ1) is 33.8. The molecule has 0 saturated carbocycles. The van der Waals surface area contributed by atoms with Gasteiger partial charge < -0.3 is 50.0 Å². The number of aromatic hydroxyl groups is 2. The van der Waals surface area contributed by atoms with Gasteiger partial charge in [0.25, 0.3) is 0 Å². The van der Waals surface area contributed by atoms with Gasteiger partial charge >= 0.3 is 12.4 Å². The number of anilines is 2. The van der Waals surface area contributed by atoms with Crippen molar-refractivity contribution in [3.8, 4) is 56.8 Å². The second-order valence-corrected chi connectivity index (χ2v) is 20.6. The number of alkyl halides is 6. The topological polar surface area (TPSA) is 142 Å². The first kappa shape index (κ1) is 50.1. The molecule has 4 aromatic carbocycles. The summed E-state index contributed by atoms with van der Waals surface area (Å²) in [6.07, 6.45) is -7.62. The van der Waals surface area contributed by atoms with E-state index in [0.717, 1.165) is 56.3 Å². The van der Waals surface area contributed by atoms with Crippen LogP contribution < -0.4 is 29.6 Å². The van der Waals surface area contributed by atoms with Gasteiger partial charge in [-0.05, 0) is 124 Å². The van der Waals surface area contributed by atoms with Crippen LogP contribution in [0.15, 0.2) is 83.6 Å². The van der Waals surface area contributed by atoms with Crippen LogP contribution in [0.5, 0.6) is 34.5 Å². The smallest absolute Gasteiger partial charge is 0.418 e. The van der Waals surface area contributed by atoms with Crippen LogP contribution in [-0.2, 0) is 0 Å². The molecule has 10 rings (SSSR count). The van der Waals surface area contributed by atoms with Crippen molar-refractivity contribution in [2.75, 3.05) is 24.9 Å². The Balaban J connectivity index is 0.000000178. The fourth-order valence-corrected chi connectivity index (χ4v) is 11.5. The number of thiophene rings is 2. The molecule has 0 fully saturated rings. The van der Waals surface area contributed by atoms with Crippen molar-refractivity contribution in [3.63, 3.8) is 0 Å². The Kier molecular flexibility index (Phi) is 12.5. The van der Waals surface area contributed by atoms with Gasteiger partial charge in [0.15, 0.2) is 35.2 Å². The van der Waals surface area contributed by atoms with E-state index in [2.05, 4.69) is 22.8 Å². The molecule has 2 atom stereocenters. The second-order valence-electron chi connectivity index (χ2n) is 18.7. The van der Waals surface area contributed by atoms with E-state index in [4.69, 9.17) is 18.9 Å². The lowest BCUT2D eigenvalue weighted by molar-refractivity contribution is -0.207. The Hall–Kier alpha value is -6.86. The van der Waals surface area contributed by atoms with Crippen LogP contribution in [0.25, 0.3) is 57.1 Å². The van der Waals surface area contributed by atoms with E-state index in [1.54, 1.807) is 12.1 Å². The van der Waals surface area contributed by atoms with Crippen molar-refractivity contribution in [2.24, 2.45) is 0 Å². The van der Waals surface area contributed by atoms with Crippen molar-refractivity contribution < 1.29 is 65.7 Å². The van der Waals surface area contributed by atoms with E-state index >= 15 is 0 Å². The highest BCUT2D eigenvalue weighted by atomic mass is 32.1. The minimum Gasteiger partial charge on any atom is -0.504 e. The molecule has 0 bridgehead atoms. The number of aliphatic hydroxyl groups excluding tert-OH is 2. The lowest BCUT2D eigenvalue weighted by Gasteiger charge is -2.35. The van der Waals surface area contributed by atoms with Crippen LogP contribution in [0.2, 0.25) is 0 Å². The molecule has 376 valence electrons. The number of phenols is 2. The van der Waals surface area contributed by atoms with Crippen LogP contribution in [0.1, 0.15) is 96.9 Å². The van der Waals surface area contributed by atoms with Gasteiger partial charge in [-0.2, -0.15) is 26.3 Å². The Bertz CT molecular complexity index is 3090. The quantitative estimate of drug-likeness (QED) is 0.0893. The molecular weight excluding hydrogens is 983 g/mol. The number of methoxy groups -OCH3 is 2. The van der Waals surface area contributed by atoms with Gasteiger partial charge in [-0.15, -0.1) is 22.7 Å². The molecule has 6 N–H and O–H groups in total. The van der Waals surface area contributed by atoms with Crippen molar-refractivity contribution in [2.45, 2.75) is 77.2 Å². The number of halogens is 6. The highest BCUT2D eigenvalue weighted by Crippen LogP contribution is 2.56. The number of benzene rings is 4. The number of aliphatic hydroxyl groups is 2. The number of fused-ring (bicyclic) bond motifs is 10. The van der Waals surface area contributed by atoms with Gasteiger partial charge in [-0.25, -0.2) is 0 Å². The zero-order valence-electron chi connectivity index (χ0n) is 39.9. The van der Waals surface area contributed by atoms with Crippen molar-refractivity contribution in [1.82, 2.24) is 0 Å². The molecule has 6 aromatic rings. The maximum atomic E-state index is 13.3. The average molecular weight is 1030 g/mol. The summed E-state index contributed by atoms with van der Waals surface area (Å²) in [5.74, 6) is 1.80. The highest BCUT2D eigenvalue weighted by Gasteiger charge is 2.43. The van der Waals surface area contributed by atoms with Gasteiger partial charge in [0, 0.05) is 65.6 Å². The third-order valence-electron chi connectivity index (χ3n) is 12.5. The van der Waals surface area contributed by atoms with E-state index < -0.39 is 24.6 Å². The van der Waals surface area contributed by atoms with E-state index in [9.17, 15) is 46.8 Å². The summed E-state index contributed by atoms with van der Waals surface area (Å²) in [6.45, 7) is 12.1. The monoisotopic (exact) mass is 1030 g/mol. The van der Waals surface area contributed by atoms with Crippen molar-refractivity contribution in [3.05, 3.63) is 127 Å². The molecule has 72 heavy (non-hydrogen) atoms. The number of rotatable bonds is 6. The zero-order valence-corrected chi connectivity index (χ0v) is 41.5. The number of nitrogens with one attached hydrogen (secondary N) is 2. The van der Waals surface area contributed by atoms with E-state index in [0.29, 0.717) is 56.4 Å². The lowest BCUT2D eigenvalue weighted by atomic mass is 9.83. The summed E-state index contributed by atoms with van der Waals surface area (Å²) < 4.78 is 104. The third kappa shape index (κ3) is 8.94. The summed E-state index contributed by atoms with van der Waals surface area (Å²) in [5, 5.41) is 50.8. The van der Waals surface area contributed by atoms with E-state index in [-0.39, 0.29) is 55.0 Å². The minimum atomic E-state index is -4.80. The largest absolute Gasteiger partial charge is 0.504 e. The normalized spacial score (nSPS) is 17.8. The predicted molar refractivity (Wildman–Crippen MR) is 271 cm³/mol. The first-order valence-corrected chi connectivity index (χ1v) is 24.1. The van der Waals surface area contributed by atoms with Crippen LogP contribution in [0.4, 0.5) is 37.7 Å². The predicted octanol–water partition coefficient (Wildman–Crippen LogP) is 14.4. The van der Waals surface area contributed by atoms with Gasteiger partial charge in [-0.1, -0.05) is 24.3 Å². The number of phenolic OH excluding ortho intramolecular Hbond substituents is 2. The summed E-state index contributed by atoms with van der Waals surface area (Å²) in [4.78, 5) is 0.469. The van der Waals surface area contributed by atoms with Gasteiger partial charge in [0.1, 0.15) is 23.0 Å². The highest BCUT2D eigenvalue weighted by molar-refractivity contribution is 7.11. The fraction of sp³-hybridized carbons (Fsp3) is 0.259. The number of hydrogen-bond donors (Lipinski definition) is 6. The molecule has 10 nitrogen and oxygen atoms in total. The maximum absolute atomic E-state index is 13.3. The third-order valence-corrected chi connectivity index (χ3v) is 14.3. The molecule has 4 aliphatic rings. The van der Waals surface area contributed by atoms with Crippen molar-refractivity contribution >= 4 is 68.9 Å². The SMILES string of the molecule is COc1c(O)ccc2c1-c1ccc3c(c1/C(=C/c1sccc1[C@@H](O)C(F)(F)F)O2)C(C)=CC(C)(C)N3.COc1c(O)ccc2c1-c1ccc3c(c1/C(=C/c1sccc1[C@H](O)C(F)(F)F)O2)C(C)=CC(C)(C)N3. The summed E-state index contributed by atoms with van der Waals surface area (Å²) >= 11 is 2.16. The van der Waals surface area contributed by atoms with Crippen molar-refractivity contribution in [1.29, 1.82) is 0 Å². The molecule has 0 spiro atoms. The van der Waals surface area contributed by atoms with Crippen LogP contribution in [-0.4, -0.2) is 58.1 Å². The van der Waals surface area contributed by atoms with Crippen LogP contribution in [0, 0.1) is 0 Å². The molecule has 4 aliphatic heterocycles. The molecule has 18 heteroatoms. The average Bonchev–Trinajstić information content (AvgIpc) is 3.96. The van der Waals surface area contributed by atoms with Crippen LogP contribution >= 0.6 is 22.7 Å². The summed E-state index contributed by atoms with van der Waals surface area (Å²) in [7, 11) is 2.90. The van der Waals surface area contributed by atoms with E-state index in [1.165, 1.54) is 61.4 Å². The molecule has 2 aromatic heterocycles. The molecule has 0 unspecified atom stereocenters. The van der Waals surface area contributed by atoms with Gasteiger partial charge in [-0.3, -0.25) is 0 Å². The number of hydrogen-bond acceptors (Lipinski definition) is 12. The van der Waals surface area contributed by atoms with Gasteiger partial charge in [0.05, 0.1) is 36.4 Å². The lowest BCUT2D eigenvalue weighted by Crippen LogP contribution is -2.32. The number of allylic oxidation sites excluding steroid dienone is 2. The first-order valence-electron chi connectivity index (χ1n) is 22.4. The molecule has 0 aliphatic carbocycles. The summed E-state index contributed by atoms with van der Waals surface area (Å²) in [6, 6.07) is 16.2. The minimum absolute atomic E-state index is 0.0590. The maximum Gasteiger partial charge on any atom is 0.418 e. The molecule has 0 radical (unpaired) electrons. The standard InChI is InChI=1S/2C27H24F3NO4S/c2*1-13-12-26(2,3)31-16-6-5-15-22(21(13)16)19(35-18-8-7-17(32)24(34-4)23(15)18)11-20-14(9-10-36-20)25(33)27(28,29)30/h2*5-12,25,31-33H,1-4H3/b2*19-11-/t2*25-/m10/s1. The Labute approximate surface area is 418 Å². The van der Waals surface area contributed by atoms with Crippen LogP contribution in [0.3, 0.4) is 0 Å². The molecule has 0 saturated heterocycles. The summed E-state index contributed by atoms with van der Waals surface area (Å²) in [5.41, 5.74) is 8.01. The Morgan fingerprint density at radius 1 is 0.556 bits per heavy atom.